The van der Waals surface area contributed by atoms with Gasteiger partial charge in [-0.1, -0.05) is 19.1 Å². The van der Waals surface area contributed by atoms with Crippen LogP contribution in [0.4, 0.5) is 4.39 Å². The van der Waals surface area contributed by atoms with Crippen molar-refractivity contribution in [3.05, 3.63) is 30.1 Å². The summed E-state index contributed by atoms with van der Waals surface area (Å²) >= 11 is 0. The molecule has 1 unspecified atom stereocenters. The molecule has 0 aliphatic carbocycles. The molecule has 0 amide bonds. The van der Waals surface area contributed by atoms with E-state index in [0.717, 1.165) is 6.54 Å². The van der Waals surface area contributed by atoms with Gasteiger partial charge in [-0.25, -0.2) is 4.39 Å². The number of benzene rings is 1. The maximum atomic E-state index is 13.2. The molecule has 0 bridgehead atoms. The fourth-order valence-electron chi connectivity index (χ4n) is 1.74. The SMILES string of the molecule is CCNC(C)(C#N)CCCOc1ccccc1F. The van der Waals surface area contributed by atoms with E-state index in [9.17, 15) is 4.39 Å². The number of nitrogens with zero attached hydrogens (tertiary/aromatic N) is 1. The third kappa shape index (κ3) is 4.34. The molecule has 1 N–H and O–H groups in total. The van der Waals surface area contributed by atoms with Crippen LogP contribution in [0.5, 0.6) is 5.75 Å². The lowest BCUT2D eigenvalue weighted by Gasteiger charge is -2.22. The molecular formula is C14H19FN2O. The van der Waals surface area contributed by atoms with E-state index in [2.05, 4.69) is 11.4 Å². The molecular weight excluding hydrogens is 231 g/mol. The summed E-state index contributed by atoms with van der Waals surface area (Å²) in [5.74, 6) is -0.0909. The number of ether oxygens (including phenoxy) is 1. The second-order valence-electron chi connectivity index (χ2n) is 4.36. The number of hydrogen-bond donors (Lipinski definition) is 1. The summed E-state index contributed by atoms with van der Waals surface area (Å²) in [6, 6.07) is 8.58. The van der Waals surface area contributed by atoms with Crippen molar-refractivity contribution in [2.75, 3.05) is 13.2 Å². The Balaban J connectivity index is 2.35. The van der Waals surface area contributed by atoms with Crippen molar-refractivity contribution in [3.63, 3.8) is 0 Å². The highest BCUT2D eigenvalue weighted by atomic mass is 19.1. The Hall–Kier alpha value is -1.60. The topological polar surface area (TPSA) is 45.0 Å². The van der Waals surface area contributed by atoms with Crippen LogP contribution < -0.4 is 10.1 Å². The minimum absolute atomic E-state index is 0.264. The van der Waals surface area contributed by atoms with Crippen LogP contribution in [0.1, 0.15) is 26.7 Å². The molecule has 3 nitrogen and oxygen atoms in total. The Labute approximate surface area is 108 Å². The van der Waals surface area contributed by atoms with Crippen molar-refractivity contribution >= 4 is 0 Å². The number of hydrogen-bond acceptors (Lipinski definition) is 3. The number of rotatable bonds is 7. The average molecular weight is 250 g/mol. The molecule has 0 saturated heterocycles. The van der Waals surface area contributed by atoms with E-state index >= 15 is 0 Å². The second kappa shape index (κ2) is 6.97. The minimum atomic E-state index is -0.534. The van der Waals surface area contributed by atoms with E-state index in [1.165, 1.54) is 6.07 Å². The van der Waals surface area contributed by atoms with Gasteiger partial charge in [-0.15, -0.1) is 0 Å². The quantitative estimate of drug-likeness (QED) is 0.757. The van der Waals surface area contributed by atoms with Crippen molar-refractivity contribution < 1.29 is 9.13 Å². The molecule has 18 heavy (non-hydrogen) atoms. The van der Waals surface area contributed by atoms with E-state index in [1.807, 2.05) is 13.8 Å². The molecule has 0 radical (unpaired) electrons. The van der Waals surface area contributed by atoms with E-state index in [0.29, 0.717) is 19.4 Å². The maximum Gasteiger partial charge on any atom is 0.165 e. The fourth-order valence-corrected chi connectivity index (χ4v) is 1.74. The van der Waals surface area contributed by atoms with Crippen LogP contribution in [0, 0.1) is 17.1 Å². The lowest BCUT2D eigenvalue weighted by Crippen LogP contribution is -2.40. The first-order chi connectivity index (χ1) is 8.61. The molecule has 98 valence electrons. The number of para-hydroxylation sites is 1. The van der Waals surface area contributed by atoms with Gasteiger partial charge in [-0.05, 0) is 38.4 Å². The van der Waals surface area contributed by atoms with Gasteiger partial charge >= 0.3 is 0 Å². The fraction of sp³-hybridized carbons (Fsp3) is 0.500. The predicted molar refractivity (Wildman–Crippen MR) is 68.8 cm³/mol. The highest BCUT2D eigenvalue weighted by Gasteiger charge is 2.21. The zero-order valence-corrected chi connectivity index (χ0v) is 10.9. The maximum absolute atomic E-state index is 13.2. The van der Waals surface area contributed by atoms with Crippen LogP contribution in [0.3, 0.4) is 0 Å². The Morgan fingerprint density at radius 3 is 2.78 bits per heavy atom. The molecule has 0 aliphatic rings. The largest absolute Gasteiger partial charge is 0.491 e. The lowest BCUT2D eigenvalue weighted by atomic mass is 9.98. The molecule has 0 aliphatic heterocycles. The van der Waals surface area contributed by atoms with E-state index in [1.54, 1.807) is 18.2 Å². The van der Waals surface area contributed by atoms with Gasteiger partial charge in [0.1, 0.15) is 5.54 Å². The summed E-state index contributed by atoms with van der Waals surface area (Å²) in [6.07, 6.45) is 1.37. The highest BCUT2D eigenvalue weighted by Crippen LogP contribution is 2.17. The molecule has 0 aromatic heterocycles. The Morgan fingerprint density at radius 1 is 1.44 bits per heavy atom. The standard InChI is InChI=1S/C14H19FN2O/c1-3-17-14(2,11-16)9-6-10-18-13-8-5-4-7-12(13)15/h4-5,7-8,17H,3,6,9-10H2,1-2H3. The number of nitrogens with one attached hydrogen (secondary N) is 1. The van der Waals surface area contributed by atoms with E-state index < -0.39 is 5.54 Å². The molecule has 4 heteroatoms. The summed E-state index contributed by atoms with van der Waals surface area (Å²) in [4.78, 5) is 0. The molecule has 0 saturated carbocycles. The van der Waals surface area contributed by atoms with Crippen molar-refractivity contribution in [1.82, 2.24) is 5.32 Å². The van der Waals surface area contributed by atoms with Gasteiger partial charge in [-0.2, -0.15) is 5.26 Å². The van der Waals surface area contributed by atoms with Gasteiger partial charge in [0.15, 0.2) is 11.6 Å². The summed E-state index contributed by atoms with van der Waals surface area (Å²) in [5.41, 5.74) is -0.534. The van der Waals surface area contributed by atoms with Crippen molar-refractivity contribution in [2.24, 2.45) is 0 Å². The van der Waals surface area contributed by atoms with Gasteiger partial charge in [0.2, 0.25) is 0 Å². The molecule has 0 fully saturated rings. The van der Waals surface area contributed by atoms with Gasteiger partial charge < -0.3 is 4.74 Å². The molecule has 1 aromatic carbocycles. The predicted octanol–water partition coefficient (Wildman–Crippen LogP) is 2.88. The Bertz CT molecular complexity index is 417. The van der Waals surface area contributed by atoms with Crippen LogP contribution >= 0.6 is 0 Å². The molecule has 0 spiro atoms. The van der Waals surface area contributed by atoms with E-state index in [-0.39, 0.29) is 11.6 Å². The third-order valence-electron chi connectivity index (χ3n) is 2.73. The average Bonchev–Trinajstić information content (AvgIpc) is 2.37. The number of nitriles is 1. The van der Waals surface area contributed by atoms with Gasteiger partial charge in [0, 0.05) is 0 Å². The normalized spacial score (nSPS) is 13.7. The monoisotopic (exact) mass is 250 g/mol. The second-order valence-corrected chi connectivity index (χ2v) is 4.36. The van der Waals surface area contributed by atoms with Gasteiger partial charge in [0.25, 0.3) is 0 Å². The van der Waals surface area contributed by atoms with Crippen LogP contribution in [-0.4, -0.2) is 18.7 Å². The van der Waals surface area contributed by atoms with Crippen molar-refractivity contribution in [2.45, 2.75) is 32.2 Å². The third-order valence-corrected chi connectivity index (χ3v) is 2.73. The highest BCUT2D eigenvalue weighted by molar-refractivity contribution is 5.23. The molecule has 1 atom stereocenters. The molecule has 1 rings (SSSR count). The Morgan fingerprint density at radius 2 is 2.17 bits per heavy atom. The molecule has 1 aromatic rings. The number of halogens is 1. The van der Waals surface area contributed by atoms with E-state index in [4.69, 9.17) is 10.00 Å². The Kier molecular flexibility index (Phi) is 5.60. The molecule has 0 heterocycles. The smallest absolute Gasteiger partial charge is 0.165 e. The van der Waals surface area contributed by atoms with Crippen LogP contribution in [0.25, 0.3) is 0 Å². The zero-order chi connectivity index (χ0) is 13.4. The first kappa shape index (κ1) is 14.5. The van der Waals surface area contributed by atoms with Crippen LogP contribution in [0.15, 0.2) is 24.3 Å². The van der Waals surface area contributed by atoms with Gasteiger partial charge in [-0.3, -0.25) is 5.32 Å². The van der Waals surface area contributed by atoms with Gasteiger partial charge in [0.05, 0.1) is 12.7 Å². The first-order valence-corrected chi connectivity index (χ1v) is 6.15. The zero-order valence-electron chi connectivity index (χ0n) is 10.9. The van der Waals surface area contributed by atoms with Crippen molar-refractivity contribution in [1.29, 1.82) is 5.26 Å². The summed E-state index contributed by atoms with van der Waals surface area (Å²) in [6.45, 7) is 4.98. The summed E-state index contributed by atoms with van der Waals surface area (Å²) < 4.78 is 18.6. The van der Waals surface area contributed by atoms with Crippen molar-refractivity contribution in [3.8, 4) is 11.8 Å². The van der Waals surface area contributed by atoms with Crippen LogP contribution in [-0.2, 0) is 0 Å². The first-order valence-electron chi connectivity index (χ1n) is 6.15. The minimum Gasteiger partial charge on any atom is -0.491 e. The summed E-state index contributed by atoms with van der Waals surface area (Å²) in [7, 11) is 0. The summed E-state index contributed by atoms with van der Waals surface area (Å²) in [5, 5.41) is 12.2. The van der Waals surface area contributed by atoms with Crippen LogP contribution in [0.2, 0.25) is 0 Å². The lowest BCUT2D eigenvalue weighted by molar-refractivity contribution is 0.275.